The summed E-state index contributed by atoms with van der Waals surface area (Å²) in [4.78, 5) is 52.0. The summed E-state index contributed by atoms with van der Waals surface area (Å²) in [5.41, 5.74) is -1.31. The molecule has 3 aliphatic rings. The van der Waals surface area contributed by atoms with Crippen molar-refractivity contribution in [3.05, 3.63) is 11.2 Å². The van der Waals surface area contributed by atoms with Crippen molar-refractivity contribution in [1.82, 2.24) is 20.9 Å². The summed E-state index contributed by atoms with van der Waals surface area (Å²) in [6.07, 6.45) is -5.67. The van der Waals surface area contributed by atoms with Crippen molar-refractivity contribution in [3.63, 3.8) is 0 Å². The number of sulfone groups is 1. The summed E-state index contributed by atoms with van der Waals surface area (Å²) >= 11 is 0. The van der Waals surface area contributed by atoms with Crippen molar-refractivity contribution in [2.45, 2.75) is 76.7 Å². The van der Waals surface area contributed by atoms with Crippen LogP contribution in [0.2, 0.25) is 0 Å². The average Bonchev–Trinajstić information content (AvgIpc) is 3.45. The van der Waals surface area contributed by atoms with E-state index in [4.69, 9.17) is 0 Å². The molecule has 2 aliphatic heterocycles. The molecule has 0 aromatic heterocycles. The zero-order chi connectivity index (χ0) is 32.0. The third-order valence-corrected chi connectivity index (χ3v) is 8.63. The van der Waals surface area contributed by atoms with Crippen LogP contribution in [0.3, 0.4) is 0 Å². The number of halogens is 6. The van der Waals surface area contributed by atoms with Crippen LogP contribution in [0.25, 0.3) is 0 Å². The Balaban J connectivity index is 1.97. The largest absolute Gasteiger partial charge is 0.471 e. The van der Waals surface area contributed by atoms with Crippen molar-refractivity contribution in [2.75, 3.05) is 19.3 Å². The highest BCUT2D eigenvalue weighted by Crippen LogP contribution is 2.50. The lowest BCUT2D eigenvalue weighted by Crippen LogP contribution is -2.60. The molecule has 3 rings (SSSR count). The quantitative estimate of drug-likeness (QED) is 0.349. The van der Waals surface area contributed by atoms with Crippen LogP contribution in [-0.2, 0) is 29.0 Å². The van der Waals surface area contributed by atoms with Gasteiger partial charge in [-0.05, 0) is 36.2 Å². The topological polar surface area (TPSA) is 142 Å². The van der Waals surface area contributed by atoms with E-state index in [1.807, 2.05) is 0 Å². The van der Waals surface area contributed by atoms with E-state index in [-0.39, 0.29) is 19.4 Å². The predicted molar refractivity (Wildman–Crippen MR) is 136 cm³/mol. The zero-order valence-electron chi connectivity index (χ0n) is 23.4. The van der Waals surface area contributed by atoms with Gasteiger partial charge in [-0.3, -0.25) is 19.2 Å². The Morgan fingerprint density at radius 1 is 1.14 bits per heavy atom. The minimum absolute atomic E-state index is 0.252. The minimum Gasteiger partial charge on any atom is -0.356 e. The molecule has 3 fully saturated rings. The summed E-state index contributed by atoms with van der Waals surface area (Å²) in [6, 6.07) is -4.87. The molecular formula is C25H34F6N4O6S. The maximum Gasteiger partial charge on any atom is 0.471 e. The fourth-order valence-electron chi connectivity index (χ4n) is 5.78. The standard InChI is InChI=1S/C25H34F6N4O6S/c1-23(2,3)18(34-22(39)25(29,30)31)21(38)35-11-13-9-24(27,28)10-15(13)17(35)20(37)33-14(8-16(26)42(4,40)41)7-12-5-6-32-19(12)36/h8,12-15,17-18H,5-7,9-11H2,1-4H3,(H,32,36)(H,33,37)(H,34,39)/b16-8+/t12-,13+,14+,15+,17-,18+/m1/s1. The molecule has 6 atom stereocenters. The monoisotopic (exact) mass is 632 g/mol. The Hall–Kier alpha value is -2.85. The van der Waals surface area contributed by atoms with Gasteiger partial charge in [0.1, 0.15) is 12.1 Å². The summed E-state index contributed by atoms with van der Waals surface area (Å²) in [5.74, 6) is -11.0. The second kappa shape index (κ2) is 11.7. The van der Waals surface area contributed by atoms with Gasteiger partial charge in [-0.2, -0.15) is 17.6 Å². The highest BCUT2D eigenvalue weighted by molar-refractivity contribution is 7.94. The molecule has 0 spiro atoms. The van der Waals surface area contributed by atoms with E-state index >= 15 is 0 Å². The second-order valence-electron chi connectivity index (χ2n) is 12.3. The predicted octanol–water partition coefficient (Wildman–Crippen LogP) is 1.82. The Labute approximate surface area is 238 Å². The molecule has 17 heteroatoms. The smallest absolute Gasteiger partial charge is 0.356 e. The molecule has 0 aromatic rings. The summed E-state index contributed by atoms with van der Waals surface area (Å²) in [7, 11) is -4.36. The van der Waals surface area contributed by atoms with Crippen LogP contribution in [0, 0.1) is 23.2 Å². The van der Waals surface area contributed by atoms with E-state index in [0.717, 1.165) is 4.90 Å². The van der Waals surface area contributed by atoms with Gasteiger partial charge in [0.25, 0.3) is 0 Å². The number of nitrogens with zero attached hydrogens (tertiary/aromatic N) is 1. The van der Waals surface area contributed by atoms with Crippen molar-refractivity contribution in [3.8, 4) is 0 Å². The number of carbonyl (C=O) groups is 4. The number of alkyl halides is 5. The van der Waals surface area contributed by atoms with Crippen molar-refractivity contribution in [2.24, 2.45) is 23.2 Å². The molecule has 3 N–H and O–H groups in total. The van der Waals surface area contributed by atoms with E-state index in [0.29, 0.717) is 12.3 Å². The average molecular weight is 633 g/mol. The van der Waals surface area contributed by atoms with E-state index in [1.54, 1.807) is 5.32 Å². The van der Waals surface area contributed by atoms with Crippen LogP contribution in [-0.4, -0.2) is 86.5 Å². The van der Waals surface area contributed by atoms with Gasteiger partial charge in [0.05, 0.1) is 6.04 Å². The van der Waals surface area contributed by atoms with Crippen LogP contribution >= 0.6 is 0 Å². The number of amides is 4. The molecule has 0 aromatic carbocycles. The van der Waals surface area contributed by atoms with E-state index in [2.05, 4.69) is 10.6 Å². The Bertz CT molecular complexity index is 1250. The second-order valence-corrected chi connectivity index (χ2v) is 14.2. The highest BCUT2D eigenvalue weighted by atomic mass is 32.2. The Morgan fingerprint density at radius 3 is 2.26 bits per heavy atom. The van der Waals surface area contributed by atoms with Crippen LogP contribution < -0.4 is 16.0 Å². The first kappa shape index (κ1) is 33.6. The van der Waals surface area contributed by atoms with Gasteiger partial charge in [0.2, 0.25) is 38.6 Å². The molecular weight excluding hydrogens is 598 g/mol. The number of rotatable bonds is 8. The van der Waals surface area contributed by atoms with Gasteiger partial charge in [0.15, 0.2) is 0 Å². The first-order valence-corrected chi connectivity index (χ1v) is 15.1. The molecule has 0 bridgehead atoms. The van der Waals surface area contributed by atoms with Gasteiger partial charge in [-0.15, -0.1) is 0 Å². The van der Waals surface area contributed by atoms with Crippen LogP contribution in [0.1, 0.15) is 46.5 Å². The van der Waals surface area contributed by atoms with Crippen LogP contribution in [0.5, 0.6) is 0 Å². The molecule has 2 saturated heterocycles. The lowest BCUT2D eigenvalue weighted by Gasteiger charge is -2.37. The third-order valence-electron chi connectivity index (χ3n) is 7.79. The molecule has 0 unspecified atom stereocenters. The van der Waals surface area contributed by atoms with Gasteiger partial charge >= 0.3 is 12.1 Å². The van der Waals surface area contributed by atoms with E-state index in [9.17, 15) is 53.9 Å². The van der Waals surface area contributed by atoms with Gasteiger partial charge in [0, 0.05) is 38.1 Å². The molecule has 4 amide bonds. The third kappa shape index (κ3) is 7.75. The van der Waals surface area contributed by atoms with Crippen molar-refractivity contribution in [1.29, 1.82) is 0 Å². The SMILES string of the molecule is CC(C)(C)[C@@H](NC(=O)C(F)(F)F)C(=O)N1C[C@@H]2CC(F)(F)C[C@@H]2[C@@H]1C(=O)N[C@H](/C=C(\F)S(C)(=O)=O)C[C@H]1CCNC1=O. The van der Waals surface area contributed by atoms with Crippen molar-refractivity contribution < 1.29 is 53.9 Å². The number of fused-ring (bicyclic) bond motifs is 1. The first-order chi connectivity index (χ1) is 19.0. The van der Waals surface area contributed by atoms with Crippen LogP contribution in [0.15, 0.2) is 11.2 Å². The maximum atomic E-state index is 14.5. The van der Waals surface area contributed by atoms with E-state index < -0.39 is 111 Å². The fraction of sp³-hybridized carbons (Fsp3) is 0.760. The molecule has 0 radical (unpaired) electrons. The maximum absolute atomic E-state index is 14.5. The molecule has 10 nitrogen and oxygen atoms in total. The van der Waals surface area contributed by atoms with Crippen LogP contribution in [0.4, 0.5) is 26.3 Å². The summed E-state index contributed by atoms with van der Waals surface area (Å²) in [5, 5.41) is 4.95. The highest BCUT2D eigenvalue weighted by Gasteiger charge is 2.59. The number of likely N-dealkylation sites (tertiary alicyclic amines) is 1. The Kier molecular flexibility index (Phi) is 9.36. The zero-order valence-corrected chi connectivity index (χ0v) is 24.2. The number of nitrogens with one attached hydrogen (secondary N) is 3. The van der Waals surface area contributed by atoms with Gasteiger partial charge < -0.3 is 20.9 Å². The number of carbonyl (C=O) groups excluding carboxylic acids is 4. The summed E-state index contributed by atoms with van der Waals surface area (Å²) < 4.78 is 106. The lowest BCUT2D eigenvalue weighted by atomic mass is 9.85. The molecule has 238 valence electrons. The first-order valence-electron chi connectivity index (χ1n) is 13.2. The normalized spacial score (nSPS) is 27.7. The van der Waals surface area contributed by atoms with Crippen molar-refractivity contribution >= 4 is 33.5 Å². The molecule has 2 heterocycles. The lowest BCUT2D eigenvalue weighted by molar-refractivity contribution is -0.176. The minimum atomic E-state index is -5.33. The van der Waals surface area contributed by atoms with E-state index in [1.165, 1.54) is 20.8 Å². The molecule has 42 heavy (non-hydrogen) atoms. The number of hydrogen-bond donors (Lipinski definition) is 3. The fourth-order valence-corrected chi connectivity index (χ4v) is 6.19. The number of hydrogen-bond acceptors (Lipinski definition) is 6. The summed E-state index contributed by atoms with van der Waals surface area (Å²) in [6.45, 7) is 3.97. The molecule has 1 saturated carbocycles. The Morgan fingerprint density at radius 2 is 1.76 bits per heavy atom. The van der Waals surface area contributed by atoms with Gasteiger partial charge in [-0.25, -0.2) is 17.2 Å². The molecule has 1 aliphatic carbocycles. The van der Waals surface area contributed by atoms with Gasteiger partial charge in [-0.1, -0.05) is 20.8 Å².